The van der Waals surface area contributed by atoms with Gasteiger partial charge in [-0.3, -0.25) is 9.69 Å². The summed E-state index contributed by atoms with van der Waals surface area (Å²) in [4.78, 5) is 28.6. The van der Waals surface area contributed by atoms with Gasteiger partial charge in [0.15, 0.2) is 0 Å². The van der Waals surface area contributed by atoms with Crippen molar-refractivity contribution in [1.82, 2.24) is 15.1 Å². The Morgan fingerprint density at radius 3 is 1.98 bits per heavy atom. The zero-order valence-corrected chi connectivity index (χ0v) is 22.4. The number of amides is 3. The fraction of sp³-hybridized carbons (Fsp3) is 0.500. The van der Waals surface area contributed by atoms with E-state index in [2.05, 4.69) is 10.6 Å². The average Bonchev–Trinajstić information content (AvgIpc) is 3.75. The summed E-state index contributed by atoms with van der Waals surface area (Å²) in [5.74, 6) is 0.386. The van der Waals surface area contributed by atoms with Crippen LogP contribution in [0.3, 0.4) is 0 Å². The fourth-order valence-electron chi connectivity index (χ4n) is 4.86. The molecule has 3 amide bonds. The topological polar surface area (TPSA) is 84.9 Å². The molecule has 4 rings (SSSR count). The minimum Gasteiger partial charge on any atom is -0.369 e. The third kappa shape index (κ3) is 7.13. The standard InChI is InChI=1S/C28H32F6N4O3/c1-37(24(39)20-6-10-22(11-7-20)36-25(40)35-16-18-2-3-18)23-12-14-38(15-13-23)17-19-4-8-21(9-5-19)26(41,27(29,30)31)28(32,33)34/h4-11,18,23,41H,2-3,12-17H2,1H3,(H2,35,36,40). The largest absolute Gasteiger partial charge is 0.430 e. The van der Waals surface area contributed by atoms with Gasteiger partial charge in [-0.05, 0) is 61.4 Å². The van der Waals surface area contributed by atoms with Gasteiger partial charge in [0.25, 0.3) is 11.5 Å². The van der Waals surface area contributed by atoms with Crippen molar-refractivity contribution in [3.63, 3.8) is 0 Å². The number of piperidine rings is 1. The third-order valence-corrected chi connectivity index (χ3v) is 7.66. The van der Waals surface area contributed by atoms with Gasteiger partial charge in [0.1, 0.15) is 0 Å². The normalized spacial score (nSPS) is 17.3. The lowest BCUT2D eigenvalue weighted by Crippen LogP contribution is -2.53. The van der Waals surface area contributed by atoms with E-state index in [-0.39, 0.29) is 18.0 Å². The number of benzene rings is 2. The molecule has 13 heteroatoms. The number of urea groups is 1. The quantitative estimate of drug-likeness (QED) is 0.368. The molecule has 2 aliphatic rings. The lowest BCUT2D eigenvalue weighted by molar-refractivity contribution is -0.376. The van der Waals surface area contributed by atoms with Crippen LogP contribution < -0.4 is 10.6 Å². The molecule has 7 nitrogen and oxygen atoms in total. The minimum absolute atomic E-state index is 0.0549. The molecule has 0 radical (unpaired) electrons. The minimum atomic E-state index is -5.93. The number of likely N-dealkylation sites (tertiary alicyclic amines) is 1. The van der Waals surface area contributed by atoms with E-state index in [1.54, 1.807) is 36.2 Å². The summed E-state index contributed by atoms with van der Waals surface area (Å²) in [6, 6.07) is 9.86. The van der Waals surface area contributed by atoms with Gasteiger partial charge in [0.05, 0.1) is 0 Å². The maximum absolute atomic E-state index is 13.1. The Hall–Kier alpha value is -3.32. The second-order valence-electron chi connectivity index (χ2n) is 10.7. The van der Waals surface area contributed by atoms with Crippen molar-refractivity contribution in [2.75, 3.05) is 32.0 Å². The van der Waals surface area contributed by atoms with Gasteiger partial charge >= 0.3 is 18.4 Å². The lowest BCUT2D eigenvalue weighted by atomic mass is 9.91. The molecule has 0 aromatic heterocycles. The molecule has 2 aromatic carbocycles. The molecule has 1 saturated carbocycles. The lowest BCUT2D eigenvalue weighted by Gasteiger charge is -2.37. The van der Waals surface area contributed by atoms with Crippen LogP contribution in [0.25, 0.3) is 0 Å². The summed E-state index contributed by atoms with van der Waals surface area (Å²) in [5.41, 5.74) is -4.70. The highest BCUT2D eigenvalue weighted by Gasteiger charge is 2.71. The van der Waals surface area contributed by atoms with Crippen molar-refractivity contribution < 1.29 is 41.0 Å². The summed E-state index contributed by atoms with van der Waals surface area (Å²) in [5, 5.41) is 15.1. The smallest absolute Gasteiger partial charge is 0.369 e. The maximum Gasteiger partial charge on any atom is 0.430 e. The number of alkyl halides is 6. The highest BCUT2D eigenvalue weighted by molar-refractivity contribution is 5.95. The first-order chi connectivity index (χ1) is 19.2. The van der Waals surface area contributed by atoms with Crippen LogP contribution in [0.4, 0.5) is 36.8 Å². The highest BCUT2D eigenvalue weighted by Crippen LogP contribution is 2.50. The number of anilines is 1. The van der Waals surface area contributed by atoms with E-state index in [0.717, 1.165) is 25.0 Å². The van der Waals surface area contributed by atoms with E-state index in [9.17, 15) is 41.0 Å². The van der Waals surface area contributed by atoms with Crippen molar-refractivity contribution in [1.29, 1.82) is 0 Å². The third-order valence-electron chi connectivity index (χ3n) is 7.66. The molecule has 1 saturated heterocycles. The molecule has 224 valence electrons. The van der Waals surface area contributed by atoms with Gasteiger partial charge in [-0.25, -0.2) is 4.79 Å². The zero-order valence-electron chi connectivity index (χ0n) is 22.4. The Morgan fingerprint density at radius 1 is 0.902 bits per heavy atom. The van der Waals surface area contributed by atoms with Crippen molar-refractivity contribution in [2.24, 2.45) is 5.92 Å². The monoisotopic (exact) mass is 586 g/mol. The zero-order chi connectivity index (χ0) is 30.0. The summed E-state index contributed by atoms with van der Waals surface area (Å²) >= 11 is 0. The molecule has 0 atom stereocenters. The first kappa shape index (κ1) is 30.6. The molecule has 2 fully saturated rings. The van der Waals surface area contributed by atoms with E-state index in [0.29, 0.717) is 73.9 Å². The molecular formula is C28H32F6N4O3. The predicted molar refractivity (Wildman–Crippen MR) is 139 cm³/mol. The number of aliphatic hydroxyl groups is 1. The van der Waals surface area contributed by atoms with Crippen LogP contribution in [-0.2, 0) is 12.1 Å². The van der Waals surface area contributed by atoms with Gasteiger partial charge in [-0.2, -0.15) is 26.3 Å². The van der Waals surface area contributed by atoms with E-state index in [4.69, 9.17) is 0 Å². The summed E-state index contributed by atoms with van der Waals surface area (Å²) in [6.45, 7) is 2.08. The number of hydrogen-bond donors (Lipinski definition) is 3. The van der Waals surface area contributed by atoms with Crippen LogP contribution >= 0.6 is 0 Å². The Balaban J connectivity index is 1.27. The molecule has 0 spiro atoms. The van der Waals surface area contributed by atoms with Gasteiger partial charge in [-0.15, -0.1) is 0 Å². The van der Waals surface area contributed by atoms with Gasteiger partial charge in [-0.1, -0.05) is 24.3 Å². The number of nitrogens with zero attached hydrogens (tertiary/aromatic N) is 2. The van der Waals surface area contributed by atoms with Crippen LogP contribution in [-0.4, -0.2) is 71.9 Å². The van der Waals surface area contributed by atoms with Crippen LogP contribution in [0.1, 0.15) is 47.2 Å². The second kappa shape index (κ2) is 11.9. The van der Waals surface area contributed by atoms with Gasteiger partial charge in [0, 0.05) is 56.1 Å². The van der Waals surface area contributed by atoms with E-state index in [1.165, 1.54) is 0 Å². The van der Waals surface area contributed by atoms with Crippen LogP contribution in [0.2, 0.25) is 0 Å². The molecule has 1 heterocycles. The second-order valence-corrected chi connectivity index (χ2v) is 10.7. The van der Waals surface area contributed by atoms with E-state index < -0.39 is 23.5 Å². The van der Waals surface area contributed by atoms with Crippen LogP contribution in [0, 0.1) is 5.92 Å². The van der Waals surface area contributed by atoms with E-state index in [1.807, 2.05) is 4.90 Å². The number of nitrogens with one attached hydrogen (secondary N) is 2. The van der Waals surface area contributed by atoms with Crippen molar-refractivity contribution in [3.05, 3.63) is 65.2 Å². The Morgan fingerprint density at radius 2 is 1.46 bits per heavy atom. The SMILES string of the molecule is CN(C(=O)c1ccc(NC(=O)NCC2CC2)cc1)C1CCN(Cc2ccc(C(O)(C(F)(F)F)C(F)(F)F)cc2)CC1. The number of carbonyl (C=O) groups is 2. The van der Waals surface area contributed by atoms with Crippen molar-refractivity contribution >= 4 is 17.6 Å². The molecule has 41 heavy (non-hydrogen) atoms. The number of hydrogen-bond acceptors (Lipinski definition) is 4. The maximum atomic E-state index is 13.1. The summed E-state index contributed by atoms with van der Waals surface area (Å²) in [6.07, 6.45) is -8.34. The average molecular weight is 587 g/mol. The molecular weight excluding hydrogens is 554 g/mol. The molecule has 1 aliphatic carbocycles. The Labute approximate surface area is 233 Å². The molecule has 0 bridgehead atoms. The number of carbonyl (C=O) groups excluding carboxylic acids is 2. The first-order valence-electron chi connectivity index (χ1n) is 13.3. The summed E-state index contributed by atoms with van der Waals surface area (Å²) in [7, 11) is 1.71. The summed E-state index contributed by atoms with van der Waals surface area (Å²) < 4.78 is 78.7. The number of rotatable bonds is 8. The molecule has 0 unspecified atom stereocenters. The Bertz CT molecular complexity index is 1190. The predicted octanol–water partition coefficient (Wildman–Crippen LogP) is 5.27. The molecule has 3 N–H and O–H groups in total. The molecule has 2 aromatic rings. The fourth-order valence-corrected chi connectivity index (χ4v) is 4.86. The first-order valence-corrected chi connectivity index (χ1v) is 13.3. The highest BCUT2D eigenvalue weighted by atomic mass is 19.4. The van der Waals surface area contributed by atoms with E-state index >= 15 is 0 Å². The van der Waals surface area contributed by atoms with Crippen LogP contribution in [0.15, 0.2) is 48.5 Å². The van der Waals surface area contributed by atoms with Crippen molar-refractivity contribution in [3.8, 4) is 0 Å². The van der Waals surface area contributed by atoms with Gasteiger partial charge < -0.3 is 20.6 Å². The van der Waals surface area contributed by atoms with Gasteiger partial charge in [0.2, 0.25) is 0 Å². The van der Waals surface area contributed by atoms with Crippen LogP contribution in [0.5, 0.6) is 0 Å². The molecule has 1 aliphatic heterocycles. The Kier molecular flexibility index (Phi) is 8.88. The van der Waals surface area contributed by atoms with Crippen molar-refractivity contribution in [2.45, 2.75) is 56.2 Å². The number of halogens is 6.